The van der Waals surface area contributed by atoms with Gasteiger partial charge in [0.25, 0.3) is 0 Å². The van der Waals surface area contributed by atoms with Gasteiger partial charge in [-0.05, 0) is 42.0 Å². The van der Waals surface area contributed by atoms with Crippen molar-refractivity contribution >= 4 is 35.1 Å². The van der Waals surface area contributed by atoms with Gasteiger partial charge in [0.2, 0.25) is 0 Å². The first-order chi connectivity index (χ1) is 9.06. The van der Waals surface area contributed by atoms with Gasteiger partial charge in [0.1, 0.15) is 5.82 Å². The molecule has 0 aromatic heterocycles. The Morgan fingerprint density at radius 3 is 2.32 bits per heavy atom. The number of hydrogen-bond donors (Lipinski definition) is 0. The van der Waals surface area contributed by atoms with Crippen molar-refractivity contribution in [1.82, 2.24) is 0 Å². The number of hydrogen-bond acceptors (Lipinski definition) is 1. The van der Waals surface area contributed by atoms with E-state index in [1.165, 1.54) is 24.3 Å². The molecule has 0 aliphatic carbocycles. The normalized spacial score (nSPS) is 10.9. The second kappa shape index (κ2) is 6.00. The Morgan fingerprint density at radius 2 is 1.68 bits per heavy atom. The average Bonchev–Trinajstić information content (AvgIpc) is 2.41. The van der Waals surface area contributed by atoms with Crippen molar-refractivity contribution in [3.8, 4) is 0 Å². The summed E-state index contributed by atoms with van der Waals surface area (Å²) in [5.74, 6) is -0.504. The lowest BCUT2D eigenvalue weighted by Gasteiger charge is -1.99. The predicted octanol–water partition coefficient (Wildman–Crippen LogP) is 5.03. The Bertz CT molecular complexity index is 633. The topological polar surface area (TPSA) is 17.1 Å². The van der Waals surface area contributed by atoms with Crippen LogP contribution in [0.5, 0.6) is 0 Å². The second-order valence-electron chi connectivity index (χ2n) is 3.88. The van der Waals surface area contributed by atoms with Crippen LogP contribution in [-0.4, -0.2) is 5.78 Å². The second-order valence-corrected chi connectivity index (χ2v) is 4.69. The third-order valence-corrected chi connectivity index (χ3v) is 3.24. The van der Waals surface area contributed by atoms with E-state index in [1.54, 1.807) is 30.3 Å². The van der Waals surface area contributed by atoms with E-state index < -0.39 is 0 Å². The molecule has 0 aliphatic heterocycles. The lowest BCUT2D eigenvalue weighted by molar-refractivity contribution is 0.104. The van der Waals surface area contributed by atoms with Crippen molar-refractivity contribution in [1.29, 1.82) is 0 Å². The van der Waals surface area contributed by atoms with E-state index in [1.807, 2.05) is 0 Å². The molecule has 19 heavy (non-hydrogen) atoms. The predicted molar refractivity (Wildman–Crippen MR) is 76.2 cm³/mol. The fraction of sp³-hybridized carbons (Fsp3) is 0. The summed E-state index contributed by atoms with van der Waals surface area (Å²) in [6.07, 6.45) is 3.02. The van der Waals surface area contributed by atoms with Gasteiger partial charge in [0.05, 0.1) is 10.0 Å². The van der Waals surface area contributed by atoms with E-state index >= 15 is 0 Å². The van der Waals surface area contributed by atoms with Gasteiger partial charge in [-0.2, -0.15) is 0 Å². The number of halogens is 3. The quantitative estimate of drug-likeness (QED) is 0.573. The molecule has 0 fully saturated rings. The first kappa shape index (κ1) is 13.8. The summed E-state index contributed by atoms with van der Waals surface area (Å²) in [6.45, 7) is 0. The van der Waals surface area contributed by atoms with Gasteiger partial charge >= 0.3 is 0 Å². The van der Waals surface area contributed by atoms with Crippen molar-refractivity contribution < 1.29 is 9.18 Å². The van der Waals surface area contributed by atoms with E-state index in [2.05, 4.69) is 0 Å². The molecular formula is C15H9Cl2FO. The van der Waals surface area contributed by atoms with E-state index in [9.17, 15) is 9.18 Å². The molecule has 96 valence electrons. The Balaban J connectivity index is 2.16. The maximum absolute atomic E-state index is 12.7. The van der Waals surface area contributed by atoms with Gasteiger partial charge in [-0.3, -0.25) is 4.79 Å². The summed E-state index contributed by atoms with van der Waals surface area (Å²) in [7, 11) is 0. The van der Waals surface area contributed by atoms with Gasteiger partial charge in [0.15, 0.2) is 5.78 Å². The molecule has 0 aliphatic rings. The van der Waals surface area contributed by atoms with Gasteiger partial charge in [-0.15, -0.1) is 0 Å². The van der Waals surface area contributed by atoms with Crippen molar-refractivity contribution in [2.45, 2.75) is 0 Å². The zero-order chi connectivity index (χ0) is 13.8. The fourth-order valence-electron chi connectivity index (χ4n) is 1.49. The number of benzene rings is 2. The van der Waals surface area contributed by atoms with Crippen LogP contribution in [0.3, 0.4) is 0 Å². The van der Waals surface area contributed by atoms with E-state index in [0.29, 0.717) is 15.6 Å². The molecule has 2 aromatic rings. The van der Waals surface area contributed by atoms with Crippen LogP contribution in [0, 0.1) is 5.82 Å². The molecule has 2 rings (SSSR count). The Morgan fingerprint density at radius 1 is 1.00 bits per heavy atom. The first-order valence-corrected chi connectivity index (χ1v) is 6.25. The number of allylic oxidation sites excluding steroid dienone is 1. The van der Waals surface area contributed by atoms with Gasteiger partial charge in [-0.25, -0.2) is 4.39 Å². The highest BCUT2D eigenvalue weighted by atomic mass is 35.5. The third-order valence-electron chi connectivity index (χ3n) is 2.50. The molecule has 0 atom stereocenters. The zero-order valence-corrected chi connectivity index (χ0v) is 11.3. The molecule has 0 unspecified atom stereocenters. The summed E-state index contributed by atoms with van der Waals surface area (Å²) < 4.78 is 12.7. The third kappa shape index (κ3) is 3.66. The standard InChI is InChI=1S/C15H9Cl2FO/c16-13-7-4-11(9-14(13)17)15(19)8-3-10-1-5-12(18)6-2-10/h1-9H. The van der Waals surface area contributed by atoms with Crippen LogP contribution in [0.25, 0.3) is 6.08 Å². The molecule has 0 bridgehead atoms. The first-order valence-electron chi connectivity index (χ1n) is 5.49. The Kier molecular flexibility index (Phi) is 4.35. The molecule has 0 N–H and O–H groups in total. The summed E-state index contributed by atoms with van der Waals surface area (Å²) in [6, 6.07) is 10.5. The van der Waals surface area contributed by atoms with Crippen molar-refractivity contribution in [3.63, 3.8) is 0 Å². The summed E-state index contributed by atoms with van der Waals surface area (Å²) in [4.78, 5) is 11.9. The maximum Gasteiger partial charge on any atom is 0.185 e. The summed E-state index contributed by atoms with van der Waals surface area (Å²) >= 11 is 11.6. The molecule has 0 spiro atoms. The minimum atomic E-state index is -0.312. The molecule has 0 heterocycles. The molecule has 0 radical (unpaired) electrons. The van der Waals surface area contributed by atoms with Crippen LogP contribution in [0.1, 0.15) is 15.9 Å². The largest absolute Gasteiger partial charge is 0.289 e. The van der Waals surface area contributed by atoms with Crippen LogP contribution >= 0.6 is 23.2 Å². The van der Waals surface area contributed by atoms with Crippen molar-refractivity contribution in [3.05, 3.63) is 75.5 Å². The van der Waals surface area contributed by atoms with Crippen molar-refractivity contribution in [2.24, 2.45) is 0 Å². The number of carbonyl (C=O) groups excluding carboxylic acids is 1. The fourth-order valence-corrected chi connectivity index (χ4v) is 1.79. The van der Waals surface area contributed by atoms with E-state index in [-0.39, 0.29) is 11.6 Å². The minimum absolute atomic E-state index is 0.192. The van der Waals surface area contributed by atoms with Gasteiger partial charge in [-0.1, -0.05) is 41.4 Å². The number of rotatable bonds is 3. The lowest BCUT2D eigenvalue weighted by Crippen LogP contribution is -1.93. The van der Waals surface area contributed by atoms with Crippen LogP contribution in [0.15, 0.2) is 48.5 Å². The molecule has 0 saturated carbocycles. The summed E-state index contributed by atoms with van der Waals surface area (Å²) in [5, 5.41) is 0.739. The SMILES string of the molecule is O=C(C=Cc1ccc(F)cc1)c1ccc(Cl)c(Cl)c1. The average molecular weight is 295 g/mol. The van der Waals surface area contributed by atoms with Crippen LogP contribution in [-0.2, 0) is 0 Å². The molecule has 1 nitrogen and oxygen atoms in total. The minimum Gasteiger partial charge on any atom is -0.289 e. The van der Waals surface area contributed by atoms with E-state index in [4.69, 9.17) is 23.2 Å². The molecular weight excluding hydrogens is 286 g/mol. The molecule has 0 saturated heterocycles. The summed E-state index contributed by atoms with van der Waals surface area (Å²) in [5.41, 5.74) is 1.20. The molecule has 4 heteroatoms. The zero-order valence-electron chi connectivity index (χ0n) is 9.74. The van der Waals surface area contributed by atoms with Crippen LogP contribution < -0.4 is 0 Å². The maximum atomic E-state index is 12.7. The highest BCUT2D eigenvalue weighted by Gasteiger charge is 2.04. The van der Waals surface area contributed by atoms with Crippen molar-refractivity contribution in [2.75, 3.05) is 0 Å². The monoisotopic (exact) mass is 294 g/mol. The lowest BCUT2D eigenvalue weighted by atomic mass is 10.1. The van der Waals surface area contributed by atoms with Crippen LogP contribution in [0.4, 0.5) is 4.39 Å². The molecule has 2 aromatic carbocycles. The molecule has 0 amide bonds. The van der Waals surface area contributed by atoms with Gasteiger partial charge in [0, 0.05) is 5.56 Å². The van der Waals surface area contributed by atoms with Crippen LogP contribution in [0.2, 0.25) is 10.0 Å². The Labute approximate surface area is 120 Å². The van der Waals surface area contributed by atoms with Gasteiger partial charge < -0.3 is 0 Å². The number of carbonyl (C=O) groups is 1. The highest BCUT2D eigenvalue weighted by molar-refractivity contribution is 6.42. The number of ketones is 1. The van der Waals surface area contributed by atoms with E-state index in [0.717, 1.165) is 5.56 Å². The Hall–Kier alpha value is -1.64. The highest BCUT2D eigenvalue weighted by Crippen LogP contribution is 2.23. The smallest absolute Gasteiger partial charge is 0.185 e.